The first-order chi connectivity index (χ1) is 33.2. The Bertz CT molecular complexity index is 2180. The summed E-state index contributed by atoms with van der Waals surface area (Å²) in [5, 5.41) is 9.47. The van der Waals surface area contributed by atoms with E-state index in [1.165, 1.54) is 12.4 Å². The summed E-state index contributed by atoms with van der Waals surface area (Å²) in [5.74, 6) is -0.882. The second-order valence-corrected chi connectivity index (χ2v) is 18.9. The lowest BCUT2D eigenvalue weighted by Crippen LogP contribution is -2.58. The van der Waals surface area contributed by atoms with E-state index in [2.05, 4.69) is 56.7 Å². The quantitative estimate of drug-likeness (QED) is 0.115. The molecule has 0 radical (unpaired) electrons. The molecule has 0 unspecified atom stereocenters. The second kappa shape index (κ2) is 24.2. The molecule has 2 aliphatic heterocycles. The molecule has 2 saturated heterocycles. The number of halogens is 3. The number of likely N-dealkylation sites (tertiary alicyclic amines) is 2. The zero-order valence-electron chi connectivity index (χ0n) is 40.1. The first kappa shape index (κ1) is 51.8. The normalized spacial score (nSPS) is 25.5. The van der Waals surface area contributed by atoms with Crippen LogP contribution in [0.1, 0.15) is 95.2 Å². The van der Waals surface area contributed by atoms with Crippen molar-refractivity contribution in [3.05, 3.63) is 60.2 Å². The second-order valence-electron chi connectivity index (χ2n) is 18.9. The first-order valence-electron chi connectivity index (χ1n) is 24.4. The number of amides is 4. The number of carbonyl (C=O) groups excluding carboxylic acids is 4. The van der Waals surface area contributed by atoms with Crippen molar-refractivity contribution in [2.45, 2.75) is 133 Å². The summed E-state index contributed by atoms with van der Waals surface area (Å²) in [7, 11) is 3.80. The molecule has 2 saturated carbocycles. The van der Waals surface area contributed by atoms with E-state index in [1.807, 2.05) is 17.0 Å². The lowest BCUT2D eigenvalue weighted by molar-refractivity contribution is -0.137. The van der Waals surface area contributed by atoms with Gasteiger partial charge in [0, 0.05) is 62.8 Å². The molecule has 7 rings (SSSR count). The predicted octanol–water partition coefficient (Wildman–Crippen LogP) is 4.91. The Morgan fingerprint density at radius 2 is 1.64 bits per heavy atom. The van der Waals surface area contributed by atoms with Gasteiger partial charge in [-0.2, -0.15) is 13.2 Å². The maximum absolute atomic E-state index is 13.9. The van der Waals surface area contributed by atoms with Gasteiger partial charge in [0.05, 0.1) is 87.0 Å². The Morgan fingerprint density at radius 3 is 2.35 bits per heavy atom. The van der Waals surface area contributed by atoms with Crippen molar-refractivity contribution in [1.29, 1.82) is 0 Å². The fourth-order valence-corrected chi connectivity index (χ4v) is 10.2. The van der Waals surface area contributed by atoms with Gasteiger partial charge >= 0.3 is 6.18 Å². The van der Waals surface area contributed by atoms with Crippen LogP contribution in [0.4, 0.5) is 19.0 Å². The van der Waals surface area contributed by atoms with Crippen LogP contribution in [0.5, 0.6) is 0 Å². The maximum Gasteiger partial charge on any atom is 0.416 e. The van der Waals surface area contributed by atoms with Crippen molar-refractivity contribution < 1.29 is 51.3 Å². The summed E-state index contributed by atoms with van der Waals surface area (Å²) >= 11 is 0. The highest BCUT2D eigenvalue weighted by atomic mass is 19.4. The van der Waals surface area contributed by atoms with E-state index in [-0.39, 0.29) is 90.7 Å². The number of anilines is 1. The Hall–Kier alpha value is -5.02. The third kappa shape index (κ3) is 13.7. The van der Waals surface area contributed by atoms with Crippen LogP contribution in [0.2, 0.25) is 0 Å². The standard InChI is InChI=1S/C49H68F3N9O8/c1-31(2)59(3)34-8-14-42(61-19-15-40(48(61)65)58-46-37-26-33(49(50,51)52)7-13-39(37)55-30-56-46)41(27-34)57-43(62)16-20-66-22-23-67-24-25-69-36-11-9-35(10-12-36)68-21-18-54-47(64)38-28-44(63)60(4)45(38)32-6-5-17-53-29-32/h5-7,13,17,26,29-31,34-36,38,40-42,45H,8-12,14-16,18-25,27-28H2,1-4H3,(H,54,64)(H,57,62)(H,55,56,58)/t34-,35?,36?,38+,40+,41-,42+,45-/m1/s1. The number of carbonyl (C=O) groups is 4. The molecule has 378 valence electrons. The van der Waals surface area contributed by atoms with Crippen molar-refractivity contribution in [3.63, 3.8) is 0 Å². The number of benzene rings is 1. The Kier molecular flexibility index (Phi) is 18.2. The number of hydrogen-bond acceptors (Lipinski definition) is 13. The van der Waals surface area contributed by atoms with E-state index in [1.54, 1.807) is 24.3 Å². The zero-order chi connectivity index (χ0) is 49.1. The molecular formula is C49H68F3N9O8. The molecule has 6 atom stereocenters. The lowest BCUT2D eigenvalue weighted by Gasteiger charge is -2.44. The minimum Gasteiger partial charge on any atom is -0.379 e. The predicted molar refractivity (Wildman–Crippen MR) is 250 cm³/mol. The van der Waals surface area contributed by atoms with E-state index >= 15 is 0 Å². The van der Waals surface area contributed by atoms with Crippen molar-refractivity contribution in [1.82, 2.24) is 40.3 Å². The molecule has 4 heterocycles. The molecule has 4 aliphatic rings. The average molecular weight is 968 g/mol. The van der Waals surface area contributed by atoms with Gasteiger partial charge in [0.15, 0.2) is 0 Å². The summed E-state index contributed by atoms with van der Waals surface area (Å²) in [6.07, 6.45) is 6.71. The molecule has 2 aromatic heterocycles. The molecule has 2 aliphatic carbocycles. The van der Waals surface area contributed by atoms with Crippen LogP contribution >= 0.6 is 0 Å². The summed E-state index contributed by atoms with van der Waals surface area (Å²) in [6, 6.07) is 5.90. The molecule has 17 nitrogen and oxygen atoms in total. The number of fused-ring (bicyclic) bond motifs is 1. The highest BCUT2D eigenvalue weighted by Crippen LogP contribution is 2.37. The monoisotopic (exact) mass is 968 g/mol. The minimum atomic E-state index is -4.54. The third-order valence-corrected chi connectivity index (χ3v) is 14.2. The summed E-state index contributed by atoms with van der Waals surface area (Å²) in [6.45, 7) is 7.20. The van der Waals surface area contributed by atoms with Crippen LogP contribution in [0.15, 0.2) is 49.1 Å². The van der Waals surface area contributed by atoms with E-state index in [4.69, 9.17) is 18.9 Å². The van der Waals surface area contributed by atoms with E-state index in [0.717, 1.165) is 49.8 Å². The largest absolute Gasteiger partial charge is 0.416 e. The highest BCUT2D eigenvalue weighted by molar-refractivity contribution is 5.93. The van der Waals surface area contributed by atoms with Crippen molar-refractivity contribution >= 4 is 40.3 Å². The van der Waals surface area contributed by atoms with Crippen molar-refractivity contribution in [2.75, 3.05) is 72.1 Å². The molecule has 0 bridgehead atoms. The van der Waals surface area contributed by atoms with E-state index in [0.29, 0.717) is 76.9 Å². The number of alkyl halides is 3. The summed E-state index contributed by atoms with van der Waals surface area (Å²) in [5.41, 5.74) is 0.354. The highest BCUT2D eigenvalue weighted by Gasteiger charge is 2.44. The third-order valence-electron chi connectivity index (χ3n) is 14.2. The van der Waals surface area contributed by atoms with Crippen LogP contribution in [0, 0.1) is 5.92 Å². The van der Waals surface area contributed by atoms with Gasteiger partial charge in [-0.15, -0.1) is 0 Å². The van der Waals surface area contributed by atoms with Gasteiger partial charge in [-0.05, 0) is 102 Å². The number of aromatic nitrogens is 3. The lowest BCUT2D eigenvalue weighted by atomic mass is 9.84. The molecule has 3 N–H and O–H groups in total. The average Bonchev–Trinajstić information content (AvgIpc) is 3.85. The molecule has 1 aromatic carbocycles. The van der Waals surface area contributed by atoms with Gasteiger partial charge in [-0.25, -0.2) is 9.97 Å². The maximum atomic E-state index is 13.9. The van der Waals surface area contributed by atoms with E-state index < -0.39 is 23.7 Å². The van der Waals surface area contributed by atoms with Crippen LogP contribution in [-0.2, 0) is 44.3 Å². The number of ether oxygens (including phenoxy) is 4. The van der Waals surface area contributed by atoms with Gasteiger partial charge < -0.3 is 49.6 Å². The summed E-state index contributed by atoms with van der Waals surface area (Å²) < 4.78 is 64.2. The van der Waals surface area contributed by atoms with Gasteiger partial charge in [0.2, 0.25) is 23.6 Å². The smallest absolute Gasteiger partial charge is 0.379 e. The Labute approximate surface area is 401 Å². The zero-order valence-corrected chi connectivity index (χ0v) is 40.1. The SMILES string of the molecule is CC(C)N(C)[C@@H]1CC[C@H](N2CC[C@H](Nc3ncnc4ccc(C(F)(F)F)cc34)C2=O)[C@H](NC(=O)CCOCCOCCOC2CCC(OCCNC(=O)[C@H]3CC(=O)N(C)[C@@H]3c3cccnc3)CC2)C1. The molecule has 0 spiro atoms. The number of hydrogen-bond donors (Lipinski definition) is 3. The molecule has 4 amide bonds. The molecule has 4 fully saturated rings. The first-order valence-corrected chi connectivity index (χ1v) is 24.4. The van der Waals surface area contributed by atoms with Gasteiger partial charge in [-0.1, -0.05) is 6.07 Å². The van der Waals surface area contributed by atoms with Crippen LogP contribution < -0.4 is 16.0 Å². The number of nitrogens with one attached hydrogen (secondary N) is 3. The Balaban J connectivity index is 0.760. The molecule has 20 heteroatoms. The van der Waals surface area contributed by atoms with Gasteiger partial charge in [0.1, 0.15) is 18.2 Å². The van der Waals surface area contributed by atoms with Crippen molar-refractivity contribution in [2.24, 2.45) is 5.92 Å². The van der Waals surface area contributed by atoms with E-state index in [9.17, 15) is 32.3 Å². The summed E-state index contributed by atoms with van der Waals surface area (Å²) in [4.78, 5) is 71.0. The molecule has 3 aromatic rings. The number of rotatable bonds is 22. The topological polar surface area (TPSA) is 190 Å². The Morgan fingerprint density at radius 1 is 0.913 bits per heavy atom. The van der Waals surface area contributed by atoms with Crippen LogP contribution in [0.25, 0.3) is 10.9 Å². The molecular weight excluding hydrogens is 900 g/mol. The van der Waals surface area contributed by atoms with Crippen LogP contribution in [-0.4, -0.2) is 163 Å². The fourth-order valence-electron chi connectivity index (χ4n) is 10.2. The number of nitrogens with zero attached hydrogens (tertiary/aromatic N) is 6. The van der Waals surface area contributed by atoms with Crippen molar-refractivity contribution in [3.8, 4) is 0 Å². The van der Waals surface area contributed by atoms with Gasteiger partial charge in [-0.3, -0.25) is 24.2 Å². The number of pyridine rings is 1. The minimum absolute atomic E-state index is 0.0624. The van der Waals surface area contributed by atoms with Crippen LogP contribution in [0.3, 0.4) is 0 Å². The fraction of sp³-hybridized carbons (Fsp3) is 0.653. The van der Waals surface area contributed by atoms with Gasteiger partial charge in [0.25, 0.3) is 0 Å². The molecule has 69 heavy (non-hydrogen) atoms.